The minimum Gasteiger partial charge on any atom is -0.464 e. The summed E-state index contributed by atoms with van der Waals surface area (Å²) in [5, 5.41) is 0. The molecule has 0 aromatic carbocycles. The molecule has 1 aliphatic rings. The normalized spacial score (nSPS) is 19.2. The zero-order chi connectivity index (χ0) is 13.5. The number of amides is 1. The molecule has 18 heavy (non-hydrogen) atoms. The number of nitrogens with zero attached hydrogens (tertiary/aromatic N) is 1. The SMILES string of the molecule is CCOC(=O)[C@@H]1COC(=O)N1C(OCC)OCC. The van der Waals surface area contributed by atoms with Gasteiger partial charge in [-0.3, -0.25) is 0 Å². The third-order valence-corrected chi connectivity index (χ3v) is 2.32. The summed E-state index contributed by atoms with van der Waals surface area (Å²) in [6.07, 6.45) is -1.57. The van der Waals surface area contributed by atoms with Crippen molar-refractivity contribution in [2.75, 3.05) is 26.4 Å². The van der Waals surface area contributed by atoms with Crippen LogP contribution in [-0.2, 0) is 23.7 Å². The lowest BCUT2D eigenvalue weighted by Crippen LogP contribution is -2.49. The second-order valence-electron chi connectivity index (χ2n) is 3.47. The Balaban J connectivity index is 2.78. The Morgan fingerprint density at radius 1 is 1.33 bits per heavy atom. The summed E-state index contributed by atoms with van der Waals surface area (Å²) in [5.41, 5.74) is 0. The number of esters is 1. The molecule has 1 aliphatic heterocycles. The van der Waals surface area contributed by atoms with Gasteiger partial charge in [-0.2, -0.15) is 0 Å². The predicted molar refractivity (Wildman–Crippen MR) is 60.6 cm³/mol. The molecule has 0 saturated carbocycles. The first-order valence-corrected chi connectivity index (χ1v) is 6.00. The molecule has 1 fully saturated rings. The average Bonchev–Trinajstić information content (AvgIpc) is 2.71. The van der Waals surface area contributed by atoms with Crippen LogP contribution in [0.15, 0.2) is 0 Å². The molecule has 0 radical (unpaired) electrons. The van der Waals surface area contributed by atoms with Gasteiger partial charge < -0.3 is 18.9 Å². The maximum Gasteiger partial charge on any atom is 0.414 e. The third kappa shape index (κ3) is 3.33. The van der Waals surface area contributed by atoms with E-state index in [1.807, 2.05) is 0 Å². The van der Waals surface area contributed by atoms with Crippen LogP contribution in [0.4, 0.5) is 4.79 Å². The van der Waals surface area contributed by atoms with E-state index in [0.29, 0.717) is 13.2 Å². The van der Waals surface area contributed by atoms with Gasteiger partial charge in [0.25, 0.3) is 0 Å². The Bertz CT molecular complexity index is 289. The number of ether oxygens (including phenoxy) is 4. The summed E-state index contributed by atoms with van der Waals surface area (Å²) in [7, 11) is 0. The summed E-state index contributed by atoms with van der Waals surface area (Å²) in [6, 6.07) is -0.819. The lowest BCUT2D eigenvalue weighted by Gasteiger charge is -2.28. The van der Waals surface area contributed by atoms with Crippen LogP contribution in [0.3, 0.4) is 0 Å². The van der Waals surface area contributed by atoms with Crippen molar-refractivity contribution in [3.63, 3.8) is 0 Å². The van der Waals surface area contributed by atoms with Gasteiger partial charge in [-0.05, 0) is 20.8 Å². The first-order valence-electron chi connectivity index (χ1n) is 6.00. The molecule has 104 valence electrons. The van der Waals surface area contributed by atoms with Crippen LogP contribution in [0, 0.1) is 0 Å². The first kappa shape index (κ1) is 14.7. The van der Waals surface area contributed by atoms with Crippen LogP contribution in [-0.4, -0.2) is 55.8 Å². The van der Waals surface area contributed by atoms with Crippen LogP contribution in [0.1, 0.15) is 20.8 Å². The highest BCUT2D eigenvalue weighted by Crippen LogP contribution is 2.19. The summed E-state index contributed by atoms with van der Waals surface area (Å²) in [6.45, 7) is 6.13. The number of cyclic esters (lactones) is 1. The third-order valence-electron chi connectivity index (χ3n) is 2.32. The van der Waals surface area contributed by atoms with Crippen molar-refractivity contribution in [2.24, 2.45) is 0 Å². The second kappa shape index (κ2) is 7.17. The van der Waals surface area contributed by atoms with E-state index in [4.69, 9.17) is 18.9 Å². The Labute approximate surface area is 106 Å². The molecule has 7 nitrogen and oxygen atoms in total. The molecular weight excluding hydrogens is 242 g/mol. The van der Waals surface area contributed by atoms with Gasteiger partial charge in [0, 0.05) is 13.2 Å². The molecule has 1 atom stereocenters. The van der Waals surface area contributed by atoms with E-state index in [0.717, 1.165) is 4.90 Å². The number of hydrogen-bond acceptors (Lipinski definition) is 6. The van der Waals surface area contributed by atoms with Crippen LogP contribution < -0.4 is 0 Å². The van der Waals surface area contributed by atoms with Crippen molar-refractivity contribution < 1.29 is 28.5 Å². The first-order chi connectivity index (χ1) is 8.65. The van der Waals surface area contributed by atoms with Crippen LogP contribution in [0.2, 0.25) is 0 Å². The maximum absolute atomic E-state index is 11.7. The van der Waals surface area contributed by atoms with E-state index in [-0.39, 0.29) is 13.2 Å². The van der Waals surface area contributed by atoms with E-state index in [1.54, 1.807) is 20.8 Å². The van der Waals surface area contributed by atoms with Gasteiger partial charge >= 0.3 is 12.1 Å². The Kier molecular flexibility index (Phi) is 5.87. The molecule has 0 aliphatic carbocycles. The fourth-order valence-corrected chi connectivity index (χ4v) is 1.58. The van der Waals surface area contributed by atoms with Gasteiger partial charge in [0.05, 0.1) is 6.61 Å². The highest BCUT2D eigenvalue weighted by Gasteiger charge is 2.44. The molecule has 0 aromatic rings. The fraction of sp³-hybridized carbons (Fsp3) is 0.818. The minimum absolute atomic E-state index is 0.0473. The van der Waals surface area contributed by atoms with E-state index in [2.05, 4.69) is 0 Å². The fourth-order valence-electron chi connectivity index (χ4n) is 1.58. The Morgan fingerprint density at radius 2 is 1.94 bits per heavy atom. The summed E-state index contributed by atoms with van der Waals surface area (Å²) in [4.78, 5) is 24.5. The second-order valence-corrected chi connectivity index (χ2v) is 3.47. The monoisotopic (exact) mass is 261 g/mol. The van der Waals surface area contributed by atoms with Gasteiger partial charge in [-0.15, -0.1) is 0 Å². The van der Waals surface area contributed by atoms with E-state index in [1.165, 1.54) is 0 Å². The zero-order valence-electron chi connectivity index (χ0n) is 10.9. The largest absolute Gasteiger partial charge is 0.464 e. The van der Waals surface area contributed by atoms with Crippen LogP contribution >= 0.6 is 0 Å². The molecule has 0 bridgehead atoms. The van der Waals surface area contributed by atoms with Crippen molar-refractivity contribution in [1.82, 2.24) is 4.90 Å². The van der Waals surface area contributed by atoms with Crippen LogP contribution in [0.5, 0.6) is 0 Å². The maximum atomic E-state index is 11.7. The van der Waals surface area contributed by atoms with Crippen molar-refractivity contribution in [1.29, 1.82) is 0 Å². The summed E-state index contributed by atoms with van der Waals surface area (Å²) in [5.74, 6) is -0.521. The number of hydrogen-bond donors (Lipinski definition) is 0. The van der Waals surface area contributed by atoms with Crippen molar-refractivity contribution in [2.45, 2.75) is 33.2 Å². The summed E-state index contributed by atoms with van der Waals surface area (Å²) < 4.78 is 20.3. The molecular formula is C11H19NO6. The highest BCUT2D eigenvalue weighted by molar-refractivity contribution is 5.84. The van der Waals surface area contributed by atoms with Gasteiger partial charge in [-0.1, -0.05) is 0 Å². The van der Waals surface area contributed by atoms with Crippen molar-refractivity contribution in [3.8, 4) is 0 Å². The molecule has 1 amide bonds. The van der Waals surface area contributed by atoms with Gasteiger partial charge in [0.1, 0.15) is 6.61 Å². The lowest BCUT2D eigenvalue weighted by atomic mass is 10.3. The molecule has 7 heteroatoms. The molecule has 0 spiro atoms. The van der Waals surface area contributed by atoms with Gasteiger partial charge in [0.2, 0.25) is 6.41 Å². The quantitative estimate of drug-likeness (QED) is 0.497. The molecule has 1 saturated heterocycles. The standard InChI is InChI=1S/C11H19NO6/c1-4-15-9(13)8-7-18-10(14)12(8)11(16-5-2)17-6-3/h8,11H,4-7H2,1-3H3/t8-/m0/s1. The molecule has 0 unspecified atom stereocenters. The zero-order valence-corrected chi connectivity index (χ0v) is 10.9. The van der Waals surface area contributed by atoms with Gasteiger partial charge in [0.15, 0.2) is 6.04 Å². The van der Waals surface area contributed by atoms with Crippen molar-refractivity contribution >= 4 is 12.1 Å². The van der Waals surface area contributed by atoms with E-state index in [9.17, 15) is 9.59 Å². The minimum atomic E-state index is -0.926. The number of carbonyl (C=O) groups is 2. The summed E-state index contributed by atoms with van der Waals surface area (Å²) >= 11 is 0. The van der Waals surface area contributed by atoms with Crippen LogP contribution in [0.25, 0.3) is 0 Å². The highest BCUT2D eigenvalue weighted by atomic mass is 16.7. The molecule has 0 N–H and O–H groups in total. The molecule has 1 rings (SSSR count). The van der Waals surface area contributed by atoms with E-state index >= 15 is 0 Å². The topological polar surface area (TPSA) is 74.3 Å². The molecule has 1 heterocycles. The Morgan fingerprint density at radius 3 is 2.44 bits per heavy atom. The average molecular weight is 261 g/mol. The Hall–Kier alpha value is -1.34. The lowest BCUT2D eigenvalue weighted by molar-refractivity contribution is -0.212. The van der Waals surface area contributed by atoms with Gasteiger partial charge in [-0.25, -0.2) is 14.5 Å². The predicted octanol–water partition coefficient (Wildman–Crippen LogP) is 0.727. The van der Waals surface area contributed by atoms with E-state index < -0.39 is 24.5 Å². The molecule has 0 aromatic heterocycles. The smallest absolute Gasteiger partial charge is 0.414 e. The number of carbonyl (C=O) groups excluding carboxylic acids is 2. The van der Waals surface area contributed by atoms with Crippen molar-refractivity contribution in [3.05, 3.63) is 0 Å². The number of rotatable bonds is 7.